The number of likely N-dealkylation sites (N-methyl/N-ethyl adjacent to an activating group) is 1. The molecule has 184 valence electrons. The lowest BCUT2D eigenvalue weighted by atomic mass is 9.83. The third-order valence-corrected chi connectivity index (χ3v) is 7.36. The van der Waals surface area contributed by atoms with Crippen LogP contribution >= 0.6 is 0 Å². The van der Waals surface area contributed by atoms with Crippen molar-refractivity contribution in [2.45, 2.75) is 43.9 Å². The molecule has 2 aromatic carbocycles. The van der Waals surface area contributed by atoms with Crippen molar-refractivity contribution in [1.82, 2.24) is 9.62 Å². The van der Waals surface area contributed by atoms with E-state index in [0.29, 0.717) is 22.1 Å². The quantitative estimate of drug-likeness (QED) is 0.567. The van der Waals surface area contributed by atoms with Gasteiger partial charge < -0.3 is 10.2 Å². The van der Waals surface area contributed by atoms with Crippen molar-refractivity contribution in [2.24, 2.45) is 0 Å². The zero-order chi connectivity index (χ0) is 25.3. The lowest BCUT2D eigenvalue weighted by Gasteiger charge is -2.31. The first-order chi connectivity index (χ1) is 15.8. The van der Waals surface area contributed by atoms with Gasteiger partial charge in [-0.05, 0) is 42.3 Å². The van der Waals surface area contributed by atoms with Crippen molar-refractivity contribution >= 4 is 21.6 Å². The molecule has 0 aliphatic heterocycles. The maximum Gasteiger partial charge on any atom is 0.413 e. The van der Waals surface area contributed by atoms with Crippen LogP contribution in [0.1, 0.15) is 36.6 Å². The Kier molecular flexibility index (Phi) is 7.14. The van der Waals surface area contributed by atoms with E-state index in [0.717, 1.165) is 20.5 Å². The molecule has 0 bridgehead atoms. The predicted molar refractivity (Wildman–Crippen MR) is 126 cm³/mol. The maximum absolute atomic E-state index is 13.9. The Hall–Kier alpha value is -2.85. The van der Waals surface area contributed by atoms with Gasteiger partial charge in [0.05, 0.1) is 5.41 Å². The second kappa shape index (κ2) is 9.42. The fourth-order valence-corrected chi connectivity index (χ4v) is 4.71. The van der Waals surface area contributed by atoms with Crippen molar-refractivity contribution < 1.29 is 26.4 Å². The summed E-state index contributed by atoms with van der Waals surface area (Å²) in [7, 11) is -1.77. The highest BCUT2D eigenvalue weighted by Gasteiger charge is 2.45. The van der Waals surface area contributed by atoms with Crippen LogP contribution in [0.25, 0.3) is 0 Å². The summed E-state index contributed by atoms with van der Waals surface area (Å²) < 4.78 is 66.5. The van der Waals surface area contributed by atoms with Gasteiger partial charge >= 0.3 is 6.18 Å². The summed E-state index contributed by atoms with van der Waals surface area (Å²) in [5.74, 6) is -1.09. The van der Waals surface area contributed by atoms with Gasteiger partial charge in [0.25, 0.3) is 0 Å². The average Bonchev–Trinajstić information content (AvgIpc) is 3.02. The second-order valence-electron chi connectivity index (χ2n) is 8.85. The molecule has 1 aliphatic carbocycles. The van der Waals surface area contributed by atoms with Crippen LogP contribution in [0.3, 0.4) is 0 Å². The number of carbonyl (C=O) groups is 1. The molecule has 10 heteroatoms. The zero-order valence-corrected chi connectivity index (χ0v) is 20.2. The molecule has 0 heterocycles. The number of benzene rings is 2. The standard InChI is InChI=1S/C24H28F3N3O3S/c1-23(2)19-8-6-5-7-17(19)15-20(23)29-18-11-9-16(10-12-18)22(24(25,26)27)30(4)21(31)13-14-34(32,33)28-3/h5-14,20,22,28-29H,15H2,1-4H3/t20?,22-/m0/s1. The highest BCUT2D eigenvalue weighted by atomic mass is 32.2. The van der Waals surface area contributed by atoms with Crippen LogP contribution in [0.4, 0.5) is 18.9 Å². The van der Waals surface area contributed by atoms with E-state index in [1.165, 1.54) is 23.3 Å². The fourth-order valence-electron chi connectivity index (χ4n) is 4.28. The number of rotatable bonds is 7. The van der Waals surface area contributed by atoms with Crippen molar-refractivity contribution in [3.63, 3.8) is 0 Å². The lowest BCUT2D eigenvalue weighted by molar-refractivity contribution is -0.186. The molecular weight excluding hydrogens is 467 g/mol. The van der Waals surface area contributed by atoms with E-state index in [4.69, 9.17) is 0 Å². The summed E-state index contributed by atoms with van der Waals surface area (Å²) in [6.07, 6.45) is -3.36. The Morgan fingerprint density at radius 1 is 1.15 bits per heavy atom. The van der Waals surface area contributed by atoms with Gasteiger partial charge in [0.1, 0.15) is 0 Å². The third-order valence-electron chi connectivity index (χ3n) is 6.29. The van der Waals surface area contributed by atoms with Gasteiger partial charge in [0.2, 0.25) is 15.9 Å². The smallest absolute Gasteiger partial charge is 0.381 e. The molecule has 3 rings (SSSR count). The van der Waals surface area contributed by atoms with Crippen LogP contribution in [0.5, 0.6) is 0 Å². The molecular formula is C24H28F3N3O3S. The van der Waals surface area contributed by atoms with Gasteiger partial charge in [-0.25, -0.2) is 13.1 Å². The van der Waals surface area contributed by atoms with E-state index < -0.39 is 28.1 Å². The topological polar surface area (TPSA) is 78.5 Å². The number of nitrogens with zero attached hydrogens (tertiary/aromatic N) is 1. The molecule has 1 amide bonds. The van der Waals surface area contributed by atoms with Crippen LogP contribution in [0, 0.1) is 0 Å². The monoisotopic (exact) mass is 495 g/mol. The minimum absolute atomic E-state index is 0.0673. The van der Waals surface area contributed by atoms with Gasteiger partial charge in [-0.1, -0.05) is 50.2 Å². The molecule has 34 heavy (non-hydrogen) atoms. The van der Waals surface area contributed by atoms with Crippen molar-refractivity contribution in [1.29, 1.82) is 0 Å². The Morgan fingerprint density at radius 2 is 1.76 bits per heavy atom. The van der Waals surface area contributed by atoms with Crippen LogP contribution < -0.4 is 10.0 Å². The predicted octanol–water partition coefficient (Wildman–Crippen LogP) is 4.13. The number of anilines is 1. The van der Waals surface area contributed by atoms with E-state index >= 15 is 0 Å². The Morgan fingerprint density at radius 3 is 2.32 bits per heavy atom. The number of fused-ring (bicyclic) bond motifs is 1. The fraction of sp³-hybridized carbons (Fsp3) is 0.375. The number of carbonyl (C=O) groups excluding carboxylic acids is 1. The molecule has 2 N–H and O–H groups in total. The molecule has 1 unspecified atom stereocenters. The van der Waals surface area contributed by atoms with Gasteiger partial charge in [-0.2, -0.15) is 13.2 Å². The van der Waals surface area contributed by atoms with E-state index in [1.807, 2.05) is 16.9 Å². The minimum atomic E-state index is -4.76. The number of sulfonamides is 1. The van der Waals surface area contributed by atoms with E-state index in [2.05, 4.69) is 31.3 Å². The highest BCUT2D eigenvalue weighted by Crippen LogP contribution is 2.41. The molecule has 0 spiro atoms. The molecule has 0 fully saturated rings. The van der Waals surface area contributed by atoms with Crippen LogP contribution in [-0.4, -0.2) is 45.5 Å². The number of nitrogens with one attached hydrogen (secondary N) is 2. The maximum atomic E-state index is 13.9. The normalized spacial score (nSPS) is 18.5. The average molecular weight is 496 g/mol. The molecule has 0 saturated carbocycles. The lowest BCUT2D eigenvalue weighted by Crippen LogP contribution is -2.39. The van der Waals surface area contributed by atoms with Gasteiger partial charge in [0.15, 0.2) is 6.04 Å². The van der Waals surface area contributed by atoms with Crippen LogP contribution in [-0.2, 0) is 26.7 Å². The summed E-state index contributed by atoms with van der Waals surface area (Å²) >= 11 is 0. The van der Waals surface area contributed by atoms with Crippen molar-refractivity contribution in [2.75, 3.05) is 19.4 Å². The molecule has 0 aromatic heterocycles. The molecule has 2 atom stereocenters. The number of halogens is 3. The summed E-state index contributed by atoms with van der Waals surface area (Å²) in [6, 6.07) is 11.8. The second-order valence-corrected chi connectivity index (χ2v) is 10.6. The van der Waals surface area contributed by atoms with E-state index in [1.54, 1.807) is 12.1 Å². The largest absolute Gasteiger partial charge is 0.413 e. The third kappa shape index (κ3) is 5.44. The first-order valence-electron chi connectivity index (χ1n) is 10.7. The minimum Gasteiger partial charge on any atom is -0.381 e. The number of hydrogen-bond donors (Lipinski definition) is 2. The van der Waals surface area contributed by atoms with E-state index in [-0.39, 0.29) is 17.0 Å². The summed E-state index contributed by atoms with van der Waals surface area (Å²) in [5, 5.41) is 3.97. The molecule has 0 saturated heterocycles. The SMILES string of the molecule is CNS(=O)(=O)C=CC(=O)N(C)[C@@H](c1ccc(NC2Cc3ccccc3C2(C)C)cc1)C(F)(F)F. The summed E-state index contributed by atoms with van der Waals surface area (Å²) in [4.78, 5) is 12.8. The van der Waals surface area contributed by atoms with Gasteiger partial charge in [-0.15, -0.1) is 0 Å². The van der Waals surface area contributed by atoms with E-state index in [9.17, 15) is 26.4 Å². The molecule has 6 nitrogen and oxygen atoms in total. The Labute approximate surface area is 197 Å². The van der Waals surface area contributed by atoms with Crippen molar-refractivity contribution in [3.05, 3.63) is 76.7 Å². The number of amides is 1. The highest BCUT2D eigenvalue weighted by molar-refractivity contribution is 7.92. The summed E-state index contributed by atoms with van der Waals surface area (Å²) in [5.41, 5.74) is 2.87. The Balaban J connectivity index is 1.80. The van der Waals surface area contributed by atoms with Gasteiger partial charge in [-0.3, -0.25) is 4.79 Å². The zero-order valence-electron chi connectivity index (χ0n) is 19.3. The first kappa shape index (κ1) is 25.8. The molecule has 1 aliphatic rings. The summed E-state index contributed by atoms with van der Waals surface area (Å²) in [6.45, 7) is 4.26. The molecule has 0 radical (unpaired) electrons. The Bertz CT molecular complexity index is 1180. The molecule has 2 aromatic rings. The number of hydrogen-bond acceptors (Lipinski definition) is 4. The first-order valence-corrected chi connectivity index (χ1v) is 12.2. The van der Waals surface area contributed by atoms with Crippen molar-refractivity contribution in [3.8, 4) is 0 Å². The number of alkyl halides is 3. The van der Waals surface area contributed by atoms with Gasteiger partial charge in [0, 0.05) is 30.3 Å². The van der Waals surface area contributed by atoms with Crippen LogP contribution in [0.2, 0.25) is 0 Å². The van der Waals surface area contributed by atoms with Crippen LogP contribution in [0.15, 0.2) is 60.0 Å².